The molecule has 7 nitrogen and oxygen atoms in total. The number of aryl methyl sites for hydroxylation is 1. The van der Waals surface area contributed by atoms with Crippen LogP contribution in [0.1, 0.15) is 31.9 Å². The van der Waals surface area contributed by atoms with Crippen LogP contribution in [0.15, 0.2) is 71.6 Å². The fourth-order valence-corrected chi connectivity index (χ4v) is 5.95. The molecule has 0 aliphatic heterocycles. The molecule has 214 valence electrons. The Labute approximate surface area is 251 Å². The highest BCUT2D eigenvalue weighted by Crippen LogP contribution is 2.35. The smallest absolute Gasteiger partial charge is 0.264 e. The molecule has 0 spiro atoms. The van der Waals surface area contributed by atoms with Crippen LogP contribution >= 0.6 is 34.8 Å². The number of carbonyl (C=O) groups is 2. The first-order chi connectivity index (χ1) is 18.8. The van der Waals surface area contributed by atoms with Gasteiger partial charge in [0.1, 0.15) is 12.6 Å². The molecule has 11 heteroatoms. The average molecular weight is 625 g/mol. The van der Waals surface area contributed by atoms with Crippen LogP contribution in [0, 0.1) is 12.8 Å². The quantitative estimate of drug-likeness (QED) is 0.270. The van der Waals surface area contributed by atoms with E-state index in [0.29, 0.717) is 17.1 Å². The average Bonchev–Trinajstić information content (AvgIpc) is 2.91. The van der Waals surface area contributed by atoms with Gasteiger partial charge in [-0.3, -0.25) is 13.9 Å². The third-order valence-electron chi connectivity index (χ3n) is 6.24. The van der Waals surface area contributed by atoms with Crippen molar-refractivity contribution in [3.05, 3.63) is 92.9 Å². The molecular weight excluding hydrogens is 593 g/mol. The lowest BCUT2D eigenvalue weighted by Crippen LogP contribution is -2.51. The number of nitrogens with zero attached hydrogens (tertiary/aromatic N) is 2. The van der Waals surface area contributed by atoms with Crippen LogP contribution in [0.2, 0.25) is 15.1 Å². The van der Waals surface area contributed by atoms with Crippen molar-refractivity contribution in [1.82, 2.24) is 10.2 Å². The molecular formula is C29H32Cl3N3O4S. The Hall–Kier alpha value is -2.78. The van der Waals surface area contributed by atoms with E-state index in [1.165, 1.54) is 29.2 Å². The number of hydrogen-bond donors (Lipinski definition) is 1. The molecule has 1 N–H and O–H groups in total. The Kier molecular flexibility index (Phi) is 10.9. The zero-order valence-electron chi connectivity index (χ0n) is 22.7. The molecule has 3 aromatic rings. The van der Waals surface area contributed by atoms with Crippen molar-refractivity contribution in [2.75, 3.05) is 17.4 Å². The van der Waals surface area contributed by atoms with Gasteiger partial charge in [-0.25, -0.2) is 8.42 Å². The van der Waals surface area contributed by atoms with E-state index in [9.17, 15) is 18.0 Å². The summed E-state index contributed by atoms with van der Waals surface area (Å²) in [6.45, 7) is 7.11. The predicted octanol–water partition coefficient (Wildman–Crippen LogP) is 6.34. The van der Waals surface area contributed by atoms with E-state index in [1.54, 1.807) is 49.4 Å². The van der Waals surface area contributed by atoms with Gasteiger partial charge in [0.15, 0.2) is 0 Å². The van der Waals surface area contributed by atoms with E-state index >= 15 is 0 Å². The first-order valence-electron chi connectivity index (χ1n) is 12.7. The lowest BCUT2D eigenvalue weighted by Gasteiger charge is -2.32. The van der Waals surface area contributed by atoms with Crippen LogP contribution in [0.3, 0.4) is 0 Å². The van der Waals surface area contributed by atoms with E-state index in [-0.39, 0.29) is 39.0 Å². The van der Waals surface area contributed by atoms with Gasteiger partial charge in [-0.15, -0.1) is 0 Å². The van der Waals surface area contributed by atoms with Crippen LogP contribution in [-0.2, 0) is 26.2 Å². The summed E-state index contributed by atoms with van der Waals surface area (Å²) < 4.78 is 28.7. The maximum absolute atomic E-state index is 14.0. The maximum Gasteiger partial charge on any atom is 0.264 e. The van der Waals surface area contributed by atoms with E-state index in [1.807, 2.05) is 20.8 Å². The highest BCUT2D eigenvalue weighted by Gasteiger charge is 2.34. The summed E-state index contributed by atoms with van der Waals surface area (Å²) >= 11 is 19.1. The van der Waals surface area contributed by atoms with E-state index in [2.05, 4.69) is 5.32 Å². The number of sulfonamides is 1. The molecule has 0 fully saturated rings. The molecule has 40 heavy (non-hydrogen) atoms. The minimum absolute atomic E-state index is 0.0174. The third-order valence-corrected chi connectivity index (χ3v) is 9.19. The highest BCUT2D eigenvalue weighted by atomic mass is 35.5. The monoisotopic (exact) mass is 623 g/mol. The molecule has 0 aliphatic carbocycles. The minimum Gasteiger partial charge on any atom is -0.354 e. The Bertz CT molecular complexity index is 1460. The topological polar surface area (TPSA) is 86.8 Å². The lowest BCUT2D eigenvalue weighted by atomic mass is 10.1. The molecule has 1 atom stereocenters. The molecule has 0 radical (unpaired) electrons. The summed E-state index contributed by atoms with van der Waals surface area (Å²) in [7, 11) is -4.27. The van der Waals surface area contributed by atoms with Gasteiger partial charge in [0, 0.05) is 18.1 Å². The molecule has 0 aromatic heterocycles. The van der Waals surface area contributed by atoms with Gasteiger partial charge in [-0.05, 0) is 55.7 Å². The van der Waals surface area contributed by atoms with Gasteiger partial charge in [0.25, 0.3) is 10.0 Å². The fourth-order valence-electron chi connectivity index (χ4n) is 3.88. The van der Waals surface area contributed by atoms with Gasteiger partial charge >= 0.3 is 0 Å². The normalized spacial score (nSPS) is 12.2. The van der Waals surface area contributed by atoms with E-state index in [0.717, 1.165) is 9.87 Å². The molecule has 2 amide bonds. The lowest BCUT2D eigenvalue weighted by molar-refractivity contribution is -0.139. The molecule has 0 bridgehead atoms. The number of halogens is 3. The van der Waals surface area contributed by atoms with Gasteiger partial charge in [-0.2, -0.15) is 0 Å². The van der Waals surface area contributed by atoms with Crippen LogP contribution in [-0.4, -0.2) is 44.3 Å². The van der Waals surface area contributed by atoms with Crippen molar-refractivity contribution < 1.29 is 18.0 Å². The number of benzene rings is 3. The highest BCUT2D eigenvalue weighted by molar-refractivity contribution is 7.92. The molecule has 0 unspecified atom stereocenters. The van der Waals surface area contributed by atoms with Crippen LogP contribution in [0.4, 0.5) is 5.69 Å². The number of hydrogen-bond acceptors (Lipinski definition) is 4. The van der Waals surface area contributed by atoms with Crippen LogP contribution in [0.25, 0.3) is 0 Å². The maximum atomic E-state index is 14.0. The van der Waals surface area contributed by atoms with Gasteiger partial charge in [0.2, 0.25) is 11.8 Å². The Morgan fingerprint density at radius 2 is 1.50 bits per heavy atom. The third kappa shape index (κ3) is 7.69. The largest absolute Gasteiger partial charge is 0.354 e. The van der Waals surface area contributed by atoms with Gasteiger partial charge < -0.3 is 10.2 Å². The predicted molar refractivity (Wildman–Crippen MR) is 161 cm³/mol. The summed E-state index contributed by atoms with van der Waals surface area (Å²) in [5, 5.41) is 3.37. The summed E-state index contributed by atoms with van der Waals surface area (Å²) in [5.41, 5.74) is 1.52. The SMILES string of the molecule is Cc1ccc(S(=O)(=O)N(CC(=O)N(Cc2ccccc2Cl)[C@H](C)C(=O)NCC(C)C)c2cccc(Cl)c2Cl)cc1. The number of carbonyl (C=O) groups excluding carboxylic acids is 2. The second kappa shape index (κ2) is 13.7. The molecule has 0 heterocycles. The summed E-state index contributed by atoms with van der Waals surface area (Å²) in [4.78, 5) is 28.3. The number of rotatable bonds is 11. The molecule has 0 saturated heterocycles. The number of nitrogens with one attached hydrogen (secondary N) is 1. The Balaban J connectivity index is 2.07. The van der Waals surface area contributed by atoms with Crippen molar-refractivity contribution >= 4 is 62.3 Å². The van der Waals surface area contributed by atoms with Gasteiger partial charge in [-0.1, -0.05) is 90.6 Å². The first kappa shape index (κ1) is 31.7. The van der Waals surface area contributed by atoms with Crippen molar-refractivity contribution in [2.24, 2.45) is 5.92 Å². The molecule has 0 aliphatic rings. The zero-order valence-corrected chi connectivity index (χ0v) is 25.8. The first-order valence-corrected chi connectivity index (χ1v) is 15.2. The van der Waals surface area contributed by atoms with E-state index in [4.69, 9.17) is 34.8 Å². The summed E-state index contributed by atoms with van der Waals surface area (Å²) in [6.07, 6.45) is 0. The fraction of sp³-hybridized carbons (Fsp3) is 0.310. The summed E-state index contributed by atoms with van der Waals surface area (Å²) in [6, 6.07) is 16.8. The number of anilines is 1. The number of amides is 2. The Morgan fingerprint density at radius 1 is 0.875 bits per heavy atom. The van der Waals surface area contributed by atoms with Crippen LogP contribution in [0.5, 0.6) is 0 Å². The van der Waals surface area contributed by atoms with E-state index < -0.39 is 28.5 Å². The second-order valence-electron chi connectivity index (χ2n) is 9.83. The molecule has 3 rings (SSSR count). The minimum atomic E-state index is -4.27. The van der Waals surface area contributed by atoms with Crippen molar-refractivity contribution in [3.63, 3.8) is 0 Å². The Morgan fingerprint density at radius 3 is 2.12 bits per heavy atom. The van der Waals surface area contributed by atoms with Crippen LogP contribution < -0.4 is 9.62 Å². The standard InChI is InChI=1S/C29H32Cl3N3O4S/c1-19(2)16-33-29(37)21(4)34(17-22-8-5-6-9-24(22)30)27(36)18-35(26-11-7-10-25(31)28(26)32)40(38,39)23-14-12-20(3)13-15-23/h5-15,19,21H,16-18H2,1-4H3,(H,33,37)/t21-/m1/s1. The molecule has 0 saturated carbocycles. The molecule has 3 aromatic carbocycles. The van der Waals surface area contributed by atoms with Crippen molar-refractivity contribution in [1.29, 1.82) is 0 Å². The zero-order chi connectivity index (χ0) is 29.6. The van der Waals surface area contributed by atoms with Crippen molar-refractivity contribution in [3.8, 4) is 0 Å². The second-order valence-corrected chi connectivity index (χ2v) is 12.9. The van der Waals surface area contributed by atoms with Gasteiger partial charge in [0.05, 0.1) is 20.6 Å². The van der Waals surface area contributed by atoms with Crippen molar-refractivity contribution in [2.45, 2.75) is 45.2 Å². The summed E-state index contributed by atoms with van der Waals surface area (Å²) in [5.74, 6) is -0.800.